The van der Waals surface area contributed by atoms with Gasteiger partial charge in [0.05, 0.1) is 104 Å². The lowest BCUT2D eigenvalue weighted by atomic mass is 9.96. The highest BCUT2D eigenvalue weighted by Gasteiger charge is 2.45. The van der Waals surface area contributed by atoms with Gasteiger partial charge in [-0.05, 0) is 147 Å². The third kappa shape index (κ3) is 29.7. The maximum absolute atomic E-state index is 14.7. The van der Waals surface area contributed by atoms with Crippen molar-refractivity contribution >= 4 is 160 Å². The Morgan fingerprint density at radius 3 is 1.60 bits per heavy atom. The van der Waals surface area contributed by atoms with Crippen LogP contribution in [0.15, 0.2) is 167 Å². The third-order valence-corrected chi connectivity index (χ3v) is 29.7. The summed E-state index contributed by atoms with van der Waals surface area (Å²) in [5.41, 5.74) is 3.61. The van der Waals surface area contributed by atoms with Crippen molar-refractivity contribution in [3.05, 3.63) is 237 Å². The van der Waals surface area contributed by atoms with Gasteiger partial charge in [0.1, 0.15) is 70.5 Å². The molecule has 40 nitrogen and oxygen atoms in total. The number of sulfone groups is 1. The van der Waals surface area contributed by atoms with Crippen molar-refractivity contribution in [2.45, 2.75) is 143 Å². The highest BCUT2D eigenvalue weighted by atomic mass is 35.5. The van der Waals surface area contributed by atoms with E-state index in [9.17, 15) is 86.1 Å². The summed E-state index contributed by atoms with van der Waals surface area (Å²) in [6, 6.07) is 21.2. The van der Waals surface area contributed by atoms with E-state index in [2.05, 4.69) is 89.6 Å². The first-order valence-electron chi connectivity index (χ1n) is 40.5. The molecule has 9 heterocycles. The van der Waals surface area contributed by atoms with Crippen molar-refractivity contribution in [1.29, 1.82) is 0 Å². The smallest absolute Gasteiger partial charge is 0.333 e. The molecule has 0 spiro atoms. The van der Waals surface area contributed by atoms with Crippen LogP contribution in [0.4, 0.5) is 21.8 Å². The van der Waals surface area contributed by atoms with E-state index >= 15 is 0 Å². The number of nitrogens with one attached hydrogen (secondary N) is 3. The maximum atomic E-state index is 14.7. The van der Waals surface area contributed by atoms with Gasteiger partial charge in [-0.15, -0.1) is 34.0 Å². The SMILES string of the molecule is C.NS(=O)(=O)OC[C@H]1C[C@@H](Cc2ncncc2C(=O)c2cc(CN3CC=CCC3)cs2)C[C@@H]1O.NS(=O)(=O)OC[C@H]1C[C@@H](Nc2ncncc2C(=O)c2cc(S(=O)(=O)c3cccc(Cl)c3)c(Cl)s2)C[C@@H]1O.NS(=O)(=O)OC[C@H]1C[C@@H](Nc2ncncc2C(=O)c2ccc(CO)o2)C[C@@H]1O.NS(=O)(=O)OC[C@H]1C[C@@H](Nc2ncncc2C(=O)c2ccc(Cc3cccc(Cl)c3)s2)[C@@H](F)[C@@H]1O. The zero-order chi connectivity index (χ0) is 95.9. The van der Waals surface area contributed by atoms with Gasteiger partial charge in [-0.3, -0.25) is 40.8 Å². The molecular formula is C82H94Cl3FN16O24S8. The molecule has 5 aliphatic rings. The van der Waals surface area contributed by atoms with Crippen LogP contribution in [-0.4, -0.2) is 224 Å². The molecule has 1 aliphatic heterocycles. The lowest BCUT2D eigenvalue weighted by molar-refractivity contribution is 0.0501. The minimum absolute atomic E-state index is 0. The number of benzene rings is 2. The van der Waals surface area contributed by atoms with Crippen molar-refractivity contribution < 1.29 is 112 Å². The van der Waals surface area contributed by atoms with Crippen molar-refractivity contribution in [2.75, 3.05) is 55.5 Å². The van der Waals surface area contributed by atoms with E-state index < -0.39 is 124 Å². The normalized spacial score (nSPS) is 21.9. The third-order valence-electron chi connectivity index (χ3n) is 21.9. The second-order valence-electron chi connectivity index (χ2n) is 31.5. The summed E-state index contributed by atoms with van der Waals surface area (Å²) in [7, 11) is -20.5. The maximum Gasteiger partial charge on any atom is 0.333 e. The Labute approximate surface area is 797 Å². The highest BCUT2D eigenvalue weighted by molar-refractivity contribution is 7.91. The fraction of sp³-hybridized carbons (Fsp3) is 0.390. The van der Waals surface area contributed by atoms with Gasteiger partial charge in [0.2, 0.25) is 33.0 Å². The number of nitrogens with two attached hydrogens (primary N) is 4. The number of ketones is 4. The zero-order valence-electron chi connectivity index (χ0n) is 69.8. The van der Waals surface area contributed by atoms with Crippen LogP contribution >= 0.6 is 68.8 Å². The molecule has 13 atom stereocenters. The number of rotatable bonds is 35. The second-order valence-corrected chi connectivity index (χ2v) is 42.9. The number of thiophene rings is 3. The molecule has 4 aliphatic carbocycles. The van der Waals surface area contributed by atoms with Gasteiger partial charge in [-0.1, -0.05) is 72.6 Å². The molecule has 0 radical (unpaired) electrons. The molecule has 16 N–H and O–H groups in total. The summed E-state index contributed by atoms with van der Waals surface area (Å²) in [6.45, 7) is 1.29. The van der Waals surface area contributed by atoms with Crippen molar-refractivity contribution in [3.8, 4) is 0 Å². The molecule has 134 heavy (non-hydrogen) atoms. The largest absolute Gasteiger partial charge is 0.455 e. The van der Waals surface area contributed by atoms with Gasteiger partial charge in [0.15, 0.2) is 5.76 Å². The summed E-state index contributed by atoms with van der Waals surface area (Å²) in [4.78, 5) is 89.0. The molecule has 8 aromatic heterocycles. The van der Waals surface area contributed by atoms with Crippen LogP contribution < -0.4 is 36.5 Å². The fourth-order valence-electron chi connectivity index (χ4n) is 15.5. The van der Waals surface area contributed by atoms with Crippen LogP contribution in [0.2, 0.25) is 14.4 Å². The topological polar surface area (TPSA) is 637 Å². The predicted octanol–water partition coefficient (Wildman–Crippen LogP) is 7.29. The molecule has 4 fully saturated rings. The number of aliphatic hydroxyl groups excluding tert-OH is 5. The molecule has 15 rings (SSSR count). The average Bonchev–Trinajstić information content (AvgIpc) is 1.60. The quantitative estimate of drug-likeness (QED) is 0.0137. The number of carbonyl (C=O) groups is 4. The summed E-state index contributed by atoms with van der Waals surface area (Å²) in [5.74, 6) is -2.69. The minimum atomic E-state index is -4.22. The van der Waals surface area contributed by atoms with Gasteiger partial charge >= 0.3 is 41.2 Å². The van der Waals surface area contributed by atoms with E-state index in [0.717, 1.165) is 53.4 Å². The molecule has 2 aromatic carbocycles. The predicted molar refractivity (Wildman–Crippen MR) is 492 cm³/mol. The first kappa shape index (κ1) is 105. The number of aromatic nitrogens is 8. The van der Waals surface area contributed by atoms with E-state index in [1.807, 2.05) is 35.7 Å². The number of anilines is 3. The van der Waals surface area contributed by atoms with Gasteiger partial charge < -0.3 is 45.9 Å². The second kappa shape index (κ2) is 46.9. The first-order valence-corrected chi connectivity index (χ1v) is 51.5. The summed E-state index contributed by atoms with van der Waals surface area (Å²) in [5, 5.41) is 81.2. The number of hydrogen-bond donors (Lipinski definition) is 12. The minimum Gasteiger partial charge on any atom is -0.455 e. The van der Waals surface area contributed by atoms with Crippen molar-refractivity contribution in [3.63, 3.8) is 0 Å². The lowest BCUT2D eigenvalue weighted by Gasteiger charge is -2.22. The molecule has 722 valence electrons. The molecule has 0 unspecified atom stereocenters. The summed E-state index contributed by atoms with van der Waals surface area (Å²) in [6.07, 6.45) is 13.9. The summed E-state index contributed by atoms with van der Waals surface area (Å²) < 4.78 is 153. The van der Waals surface area contributed by atoms with Gasteiger partial charge in [0.25, 0.3) is 0 Å². The zero-order valence-corrected chi connectivity index (χ0v) is 78.6. The van der Waals surface area contributed by atoms with Crippen LogP contribution in [0.3, 0.4) is 0 Å². The molecule has 10 aromatic rings. The van der Waals surface area contributed by atoms with Crippen LogP contribution in [-0.2, 0) is 93.8 Å². The number of aliphatic hydroxyl groups is 5. The monoisotopic (exact) mass is 2070 g/mol. The first-order chi connectivity index (χ1) is 63.0. The Bertz CT molecular complexity index is 6450. The number of halogens is 4. The Morgan fingerprint density at radius 1 is 0.537 bits per heavy atom. The number of nitrogens with zero attached hydrogens (tertiary/aromatic N) is 9. The van der Waals surface area contributed by atoms with Crippen LogP contribution in [0, 0.1) is 29.6 Å². The Morgan fingerprint density at radius 2 is 1.05 bits per heavy atom. The molecule has 52 heteroatoms. The Hall–Kier alpha value is -9.05. The standard InChI is InChI=1S/C22H22ClFN4O5S2.C22H28N4O5S2.C21H20Cl2N4O7S3.C16H20N4O7S.CH4/c23-14-3-1-2-12(6-14)7-15-4-5-18(34-15)21(30)16-9-26-11-27-22(16)28-17-8-13(20(29)19(17)24)10-33-35(25,31)32;23-33(29,30)31-12-17-6-15(8-20(17)27)7-19-18(10-24-14-25-19)22(28)21-9-16(13-32-21)11-26-4-2-1-3-5-26;22-12-2-1-3-14(5-12)36(30,31)18-7-17(35-20(18)23)19(29)15-8-25-10-26-21(15)27-13-4-11(16(28)6-13)9-34-37(24,32)33;17-28(24,25)26-7-9-3-10(4-13(9)22)20-16-12(5-18-8-19-16)15(23)14-2-1-11(6-21)27-14;/h1-6,9,11,13,17,19-20,29H,7-8,10H2,(H2,25,31,32)(H,26,27,28);1-2,9-10,13-15,17,20,27H,3-8,11-12H2,(H2,23,29,30);1-3,5,7-8,10-11,13,16,28H,4,6,9H2,(H2,24,32,33)(H,25,26,27);1-2,5,8-10,13,21-22H,3-4,6-7H2,(H2,17,24,25)(H,18,19,20);1H4/t13-,17-,19-,20-;15-,17+,20-;11-,13-,16+;9-,10-,13+;/m1011./s1. The average molecular weight is 2070 g/mol. The van der Waals surface area contributed by atoms with E-state index in [1.165, 1.54) is 109 Å². The van der Waals surface area contributed by atoms with E-state index in [1.54, 1.807) is 18.3 Å². The molecular weight excluding hydrogens is 1970 g/mol. The highest BCUT2D eigenvalue weighted by Crippen LogP contribution is 2.41. The van der Waals surface area contributed by atoms with Crippen molar-refractivity contribution in [2.24, 2.45) is 50.1 Å². The van der Waals surface area contributed by atoms with Crippen molar-refractivity contribution in [1.82, 2.24) is 44.8 Å². The number of carbonyl (C=O) groups excluding carboxylic acids is 4. The van der Waals surface area contributed by atoms with Gasteiger partial charge in [-0.2, -0.15) is 33.7 Å². The number of furan rings is 1. The lowest BCUT2D eigenvalue weighted by Crippen LogP contribution is -2.33. The number of alkyl halides is 1. The fourth-order valence-corrected chi connectivity index (χ4v) is 22.4. The van der Waals surface area contributed by atoms with E-state index in [-0.39, 0.29) is 152 Å². The van der Waals surface area contributed by atoms with Gasteiger partial charge in [0, 0.05) is 102 Å². The molecule has 0 bridgehead atoms. The van der Waals surface area contributed by atoms with Crippen LogP contribution in [0.25, 0.3) is 0 Å². The van der Waals surface area contributed by atoms with E-state index in [0.29, 0.717) is 71.0 Å². The molecule has 4 saturated carbocycles. The van der Waals surface area contributed by atoms with Gasteiger partial charge in [-0.25, -0.2) is 73.2 Å². The Balaban J connectivity index is 0.000000172. The van der Waals surface area contributed by atoms with E-state index in [4.69, 9.17) is 64.9 Å². The van der Waals surface area contributed by atoms with Crippen LogP contribution in [0.5, 0.6) is 0 Å². The molecule has 0 saturated heterocycles. The number of hydrogen-bond acceptors (Lipinski definition) is 39. The molecule has 0 amide bonds. The van der Waals surface area contributed by atoms with Crippen LogP contribution in [0.1, 0.15) is 148 Å². The summed E-state index contributed by atoms with van der Waals surface area (Å²) >= 11 is 21.8. The Kier molecular flexibility index (Phi) is 36.9.